The van der Waals surface area contributed by atoms with E-state index in [1.165, 1.54) is 17.6 Å². The Balaban J connectivity index is 3.13. The van der Waals surface area contributed by atoms with Crippen molar-refractivity contribution >= 4 is 44.4 Å². The Morgan fingerprint density at radius 2 is 2.00 bits per heavy atom. The molecule has 0 bridgehead atoms. The highest BCUT2D eigenvalue weighted by atomic mass is 35.5. The zero-order chi connectivity index (χ0) is 12.5. The average molecular weight is 302 g/mol. The molecule has 0 radical (unpaired) electrons. The summed E-state index contributed by atoms with van der Waals surface area (Å²) >= 11 is 13.1. The Bertz CT molecular complexity index is 470. The second-order valence-electron chi connectivity index (χ2n) is 3.58. The summed E-state index contributed by atoms with van der Waals surface area (Å²) < 4.78 is 24.1. The average Bonchev–Trinajstić information content (AvgIpc) is 2.45. The third-order valence-corrected chi connectivity index (χ3v) is 5.61. The van der Waals surface area contributed by atoms with Gasteiger partial charge in [0.2, 0.25) is 0 Å². The lowest BCUT2D eigenvalue weighted by molar-refractivity contribution is 0.536. The van der Waals surface area contributed by atoms with Gasteiger partial charge < -0.3 is 5.32 Å². The molecule has 0 spiro atoms. The Kier molecular flexibility index (Phi) is 4.66. The van der Waals surface area contributed by atoms with Gasteiger partial charge in [0.15, 0.2) is 9.84 Å². The number of hydrogen-bond donors (Lipinski definition) is 1. The van der Waals surface area contributed by atoms with Crippen molar-refractivity contribution in [3.05, 3.63) is 20.3 Å². The van der Waals surface area contributed by atoms with E-state index in [9.17, 15) is 8.42 Å². The summed E-state index contributed by atoms with van der Waals surface area (Å²) in [6.45, 7) is 1.65. The van der Waals surface area contributed by atoms with Gasteiger partial charge in [0.1, 0.15) is 0 Å². The van der Waals surface area contributed by atoms with Gasteiger partial charge in [0, 0.05) is 11.8 Å². The molecule has 0 saturated heterocycles. The van der Waals surface area contributed by atoms with Crippen LogP contribution in [-0.4, -0.2) is 27.0 Å². The second kappa shape index (κ2) is 5.23. The standard InChI is InChI=1S/C9H13Cl2NO2S2/c1-5(16(3,13)14)8(12-2)6-4-7(10)15-9(6)11/h4-5,8,12H,1-3H3. The van der Waals surface area contributed by atoms with E-state index in [-0.39, 0.29) is 6.04 Å². The number of hydrogen-bond acceptors (Lipinski definition) is 4. The number of thiophene rings is 1. The molecule has 0 amide bonds. The first-order chi connectivity index (χ1) is 7.27. The summed E-state index contributed by atoms with van der Waals surface area (Å²) in [5.74, 6) is 0. The van der Waals surface area contributed by atoms with Crippen LogP contribution in [0, 0.1) is 0 Å². The molecule has 1 N–H and O–H groups in total. The van der Waals surface area contributed by atoms with Gasteiger partial charge in [-0.1, -0.05) is 23.2 Å². The molecule has 1 heterocycles. The quantitative estimate of drug-likeness (QED) is 0.930. The predicted octanol–water partition coefficient (Wildman–Crippen LogP) is 2.75. The smallest absolute Gasteiger partial charge is 0.151 e. The topological polar surface area (TPSA) is 46.2 Å². The molecule has 92 valence electrons. The predicted molar refractivity (Wildman–Crippen MR) is 70.4 cm³/mol. The van der Waals surface area contributed by atoms with E-state index in [0.29, 0.717) is 8.67 Å². The summed E-state index contributed by atoms with van der Waals surface area (Å²) in [5.41, 5.74) is 0.733. The maximum atomic E-state index is 11.5. The van der Waals surface area contributed by atoms with Gasteiger partial charge in [0.25, 0.3) is 0 Å². The van der Waals surface area contributed by atoms with Crippen LogP contribution in [-0.2, 0) is 9.84 Å². The highest BCUT2D eigenvalue weighted by molar-refractivity contribution is 7.91. The van der Waals surface area contributed by atoms with Crippen LogP contribution in [0.25, 0.3) is 0 Å². The van der Waals surface area contributed by atoms with Crippen molar-refractivity contribution in [2.75, 3.05) is 13.3 Å². The summed E-state index contributed by atoms with van der Waals surface area (Å²) in [6.07, 6.45) is 1.21. The molecule has 0 aliphatic rings. The van der Waals surface area contributed by atoms with Gasteiger partial charge in [-0.3, -0.25) is 0 Å². The summed E-state index contributed by atoms with van der Waals surface area (Å²) in [6, 6.07) is 1.36. The number of rotatable bonds is 4. The van der Waals surface area contributed by atoms with Crippen LogP contribution in [0.3, 0.4) is 0 Å². The lowest BCUT2D eigenvalue weighted by Crippen LogP contribution is -2.32. The normalized spacial score (nSPS) is 16.1. The highest BCUT2D eigenvalue weighted by Crippen LogP contribution is 2.37. The Morgan fingerprint density at radius 3 is 2.31 bits per heavy atom. The van der Waals surface area contributed by atoms with Gasteiger partial charge >= 0.3 is 0 Å². The molecule has 16 heavy (non-hydrogen) atoms. The Labute approximate surface area is 110 Å². The molecular weight excluding hydrogens is 289 g/mol. The van der Waals surface area contributed by atoms with Crippen LogP contribution in [0.15, 0.2) is 6.07 Å². The van der Waals surface area contributed by atoms with Crippen molar-refractivity contribution in [2.45, 2.75) is 18.2 Å². The first-order valence-corrected chi connectivity index (χ1v) is 8.11. The van der Waals surface area contributed by atoms with E-state index < -0.39 is 15.1 Å². The molecule has 3 nitrogen and oxygen atoms in total. The van der Waals surface area contributed by atoms with Crippen molar-refractivity contribution in [1.29, 1.82) is 0 Å². The Hall–Kier alpha value is 0.190. The van der Waals surface area contributed by atoms with Crippen molar-refractivity contribution in [3.63, 3.8) is 0 Å². The molecule has 0 saturated carbocycles. The molecule has 1 aromatic rings. The SMILES string of the molecule is CNC(c1cc(Cl)sc1Cl)C(C)S(C)(=O)=O. The Morgan fingerprint density at radius 1 is 1.44 bits per heavy atom. The lowest BCUT2D eigenvalue weighted by Gasteiger charge is -2.21. The third kappa shape index (κ3) is 3.11. The van der Waals surface area contributed by atoms with E-state index >= 15 is 0 Å². The van der Waals surface area contributed by atoms with Crippen LogP contribution in [0.2, 0.25) is 8.67 Å². The second-order valence-corrected chi connectivity index (χ2v) is 8.27. The van der Waals surface area contributed by atoms with Gasteiger partial charge in [0.05, 0.1) is 20.0 Å². The van der Waals surface area contributed by atoms with E-state index in [0.717, 1.165) is 5.56 Å². The van der Waals surface area contributed by atoms with Crippen molar-refractivity contribution in [2.24, 2.45) is 0 Å². The summed E-state index contributed by atoms with van der Waals surface area (Å²) in [5, 5.41) is 2.41. The molecule has 0 aliphatic heterocycles. The van der Waals surface area contributed by atoms with Crippen LogP contribution in [0.5, 0.6) is 0 Å². The van der Waals surface area contributed by atoms with Crippen molar-refractivity contribution in [3.8, 4) is 0 Å². The maximum absolute atomic E-state index is 11.5. The minimum Gasteiger partial charge on any atom is -0.312 e. The number of nitrogens with one attached hydrogen (secondary N) is 1. The first-order valence-electron chi connectivity index (χ1n) is 4.58. The fraction of sp³-hybridized carbons (Fsp3) is 0.556. The minimum atomic E-state index is -3.13. The van der Waals surface area contributed by atoms with E-state index in [2.05, 4.69) is 5.32 Å². The molecule has 2 atom stereocenters. The number of sulfone groups is 1. The fourth-order valence-electron chi connectivity index (χ4n) is 1.46. The molecular formula is C9H13Cl2NO2S2. The van der Waals surface area contributed by atoms with Crippen LogP contribution >= 0.6 is 34.5 Å². The molecule has 7 heteroatoms. The largest absolute Gasteiger partial charge is 0.312 e. The van der Waals surface area contributed by atoms with Crippen LogP contribution in [0.4, 0.5) is 0 Å². The van der Waals surface area contributed by atoms with Crippen LogP contribution < -0.4 is 5.32 Å². The van der Waals surface area contributed by atoms with Gasteiger partial charge in [-0.2, -0.15) is 0 Å². The lowest BCUT2D eigenvalue weighted by atomic mass is 10.1. The van der Waals surface area contributed by atoms with E-state index in [4.69, 9.17) is 23.2 Å². The molecule has 0 aliphatic carbocycles. The number of halogens is 2. The molecule has 2 unspecified atom stereocenters. The van der Waals surface area contributed by atoms with Gasteiger partial charge in [-0.05, 0) is 20.0 Å². The van der Waals surface area contributed by atoms with Crippen molar-refractivity contribution < 1.29 is 8.42 Å². The zero-order valence-corrected chi connectivity index (χ0v) is 12.3. The van der Waals surface area contributed by atoms with E-state index in [1.54, 1.807) is 20.0 Å². The van der Waals surface area contributed by atoms with Crippen molar-refractivity contribution in [1.82, 2.24) is 5.32 Å². The molecule has 0 aromatic carbocycles. The van der Waals surface area contributed by atoms with Gasteiger partial charge in [-0.15, -0.1) is 11.3 Å². The molecule has 0 fully saturated rings. The third-order valence-electron chi connectivity index (χ3n) is 2.47. The molecule has 1 aromatic heterocycles. The fourth-order valence-corrected chi connectivity index (χ4v) is 3.78. The summed E-state index contributed by atoms with van der Waals surface area (Å²) in [7, 11) is -1.43. The highest BCUT2D eigenvalue weighted by Gasteiger charge is 2.28. The minimum absolute atomic E-state index is 0.341. The monoisotopic (exact) mass is 301 g/mol. The first kappa shape index (κ1) is 14.3. The van der Waals surface area contributed by atoms with Gasteiger partial charge in [-0.25, -0.2) is 8.42 Å². The zero-order valence-electron chi connectivity index (χ0n) is 9.12. The van der Waals surface area contributed by atoms with Crippen LogP contribution in [0.1, 0.15) is 18.5 Å². The maximum Gasteiger partial charge on any atom is 0.151 e. The van der Waals surface area contributed by atoms with E-state index in [1.807, 2.05) is 0 Å². The summed E-state index contributed by atoms with van der Waals surface area (Å²) in [4.78, 5) is 0. The molecule has 1 rings (SSSR count).